The highest BCUT2D eigenvalue weighted by Gasteiger charge is 2.29. The summed E-state index contributed by atoms with van der Waals surface area (Å²) in [6, 6.07) is 12.5. The van der Waals surface area contributed by atoms with Crippen molar-refractivity contribution in [3.05, 3.63) is 67.2 Å². The molecule has 1 aliphatic heterocycles. The van der Waals surface area contributed by atoms with E-state index in [1.807, 2.05) is 29.2 Å². The summed E-state index contributed by atoms with van der Waals surface area (Å²) >= 11 is 14.1. The number of halogens is 3. The summed E-state index contributed by atoms with van der Waals surface area (Å²) < 4.78 is 0.944. The van der Waals surface area contributed by atoms with Crippen molar-refractivity contribution < 1.29 is 9.59 Å². The second-order valence-corrected chi connectivity index (χ2v) is 8.02. The Morgan fingerprint density at radius 2 is 1.68 bits per heavy atom. The Labute approximate surface area is 170 Å². The Hall–Kier alpha value is -1.11. The summed E-state index contributed by atoms with van der Waals surface area (Å²) in [5.41, 5.74) is 1.30. The van der Waals surface area contributed by atoms with Gasteiger partial charge in [0, 0.05) is 28.1 Å². The van der Waals surface area contributed by atoms with E-state index in [2.05, 4.69) is 22.6 Å². The van der Waals surface area contributed by atoms with Crippen molar-refractivity contribution in [3.63, 3.8) is 0 Å². The molecule has 3 nitrogen and oxygen atoms in total. The molecule has 2 aromatic carbocycles. The van der Waals surface area contributed by atoms with Gasteiger partial charge in [-0.25, -0.2) is 0 Å². The molecule has 1 aliphatic rings. The van der Waals surface area contributed by atoms with Gasteiger partial charge in [0.1, 0.15) is 0 Å². The minimum absolute atomic E-state index is 0.0328. The van der Waals surface area contributed by atoms with Crippen LogP contribution in [0.5, 0.6) is 0 Å². The van der Waals surface area contributed by atoms with Crippen LogP contribution in [0.3, 0.4) is 0 Å². The summed E-state index contributed by atoms with van der Waals surface area (Å²) in [6.45, 7) is 1.17. The van der Waals surface area contributed by atoms with E-state index in [0.717, 1.165) is 9.13 Å². The van der Waals surface area contributed by atoms with Crippen molar-refractivity contribution in [2.24, 2.45) is 5.92 Å². The molecule has 1 saturated heterocycles. The minimum atomic E-state index is -0.0869. The smallest absolute Gasteiger partial charge is 0.254 e. The molecule has 1 amide bonds. The van der Waals surface area contributed by atoms with Gasteiger partial charge in [-0.15, -0.1) is 0 Å². The van der Waals surface area contributed by atoms with E-state index in [1.165, 1.54) is 0 Å². The van der Waals surface area contributed by atoms with Crippen molar-refractivity contribution in [2.75, 3.05) is 13.1 Å². The van der Waals surface area contributed by atoms with Crippen molar-refractivity contribution in [1.29, 1.82) is 0 Å². The van der Waals surface area contributed by atoms with Crippen LogP contribution in [0.4, 0.5) is 0 Å². The second-order valence-electron chi connectivity index (χ2n) is 6.04. The fraction of sp³-hybridized carbons (Fsp3) is 0.263. The highest BCUT2D eigenvalue weighted by atomic mass is 127. The van der Waals surface area contributed by atoms with Crippen LogP contribution in [0.15, 0.2) is 42.5 Å². The number of carbonyl (C=O) groups is 2. The lowest BCUT2D eigenvalue weighted by Gasteiger charge is -2.31. The maximum atomic E-state index is 12.7. The van der Waals surface area contributed by atoms with Gasteiger partial charge in [0.05, 0.1) is 15.6 Å². The summed E-state index contributed by atoms with van der Waals surface area (Å²) in [5.74, 6) is 0.0153. The zero-order valence-corrected chi connectivity index (χ0v) is 17.0. The first-order valence-electron chi connectivity index (χ1n) is 8.00. The number of piperidine rings is 1. The molecule has 0 aliphatic carbocycles. The van der Waals surface area contributed by atoms with Gasteiger partial charge >= 0.3 is 0 Å². The topological polar surface area (TPSA) is 37.4 Å². The number of ketones is 1. The van der Waals surface area contributed by atoms with Gasteiger partial charge < -0.3 is 4.90 Å². The van der Waals surface area contributed by atoms with Gasteiger partial charge in [0.15, 0.2) is 5.78 Å². The summed E-state index contributed by atoms with van der Waals surface area (Å²) in [6.07, 6.45) is 1.32. The predicted molar refractivity (Wildman–Crippen MR) is 109 cm³/mol. The Kier molecular flexibility index (Phi) is 6.02. The number of Topliss-reactive ketones (excluding diaryl/α,β-unsaturated/α-hetero) is 1. The normalized spacial score (nSPS) is 15.2. The third-order valence-corrected chi connectivity index (χ3v) is 6.14. The quantitative estimate of drug-likeness (QED) is 0.433. The largest absolute Gasteiger partial charge is 0.339 e. The average Bonchev–Trinajstić information content (AvgIpc) is 2.63. The van der Waals surface area contributed by atoms with Gasteiger partial charge in [-0.3, -0.25) is 9.59 Å². The first kappa shape index (κ1) is 18.7. The number of likely N-dealkylation sites (tertiary alicyclic amines) is 1. The monoisotopic (exact) mass is 487 g/mol. The highest BCUT2D eigenvalue weighted by Crippen LogP contribution is 2.27. The fourth-order valence-electron chi connectivity index (χ4n) is 3.03. The molecule has 0 bridgehead atoms. The minimum Gasteiger partial charge on any atom is -0.339 e. The molecule has 0 spiro atoms. The molecule has 0 N–H and O–H groups in total. The maximum absolute atomic E-state index is 12.7. The number of amides is 1. The standard InChI is InChI=1S/C19H16Cl2INO2/c20-15-6-5-13(11-16(15)21)18(24)12-7-9-23(10-8-12)19(25)14-3-1-2-4-17(14)22/h1-6,11-12H,7-10H2. The van der Waals surface area contributed by atoms with Gasteiger partial charge in [-0.05, 0) is 65.8 Å². The average molecular weight is 488 g/mol. The number of rotatable bonds is 3. The van der Waals surface area contributed by atoms with Gasteiger partial charge in [-0.2, -0.15) is 0 Å². The van der Waals surface area contributed by atoms with E-state index in [1.54, 1.807) is 18.2 Å². The molecular weight excluding hydrogens is 472 g/mol. The Balaban J connectivity index is 1.65. The van der Waals surface area contributed by atoms with Crippen LogP contribution in [0.25, 0.3) is 0 Å². The summed E-state index contributed by atoms with van der Waals surface area (Å²) in [7, 11) is 0. The lowest BCUT2D eigenvalue weighted by atomic mass is 9.88. The van der Waals surface area contributed by atoms with Gasteiger partial charge in [-0.1, -0.05) is 35.3 Å². The molecule has 0 saturated carbocycles. The molecule has 0 aromatic heterocycles. The van der Waals surface area contributed by atoms with Crippen molar-refractivity contribution in [1.82, 2.24) is 4.90 Å². The van der Waals surface area contributed by atoms with Crippen LogP contribution < -0.4 is 0 Å². The van der Waals surface area contributed by atoms with Crippen LogP contribution in [-0.4, -0.2) is 29.7 Å². The Morgan fingerprint density at radius 1 is 1.00 bits per heavy atom. The van der Waals surface area contributed by atoms with Crippen LogP contribution in [-0.2, 0) is 0 Å². The van der Waals surface area contributed by atoms with Crippen LogP contribution >= 0.6 is 45.8 Å². The van der Waals surface area contributed by atoms with E-state index in [0.29, 0.717) is 41.5 Å². The molecule has 0 atom stereocenters. The molecule has 3 rings (SSSR count). The third kappa shape index (κ3) is 4.18. The van der Waals surface area contributed by atoms with E-state index >= 15 is 0 Å². The van der Waals surface area contributed by atoms with Crippen molar-refractivity contribution in [3.8, 4) is 0 Å². The van der Waals surface area contributed by atoms with Crippen LogP contribution in [0.2, 0.25) is 10.0 Å². The number of carbonyl (C=O) groups excluding carboxylic acids is 2. The van der Waals surface area contributed by atoms with E-state index < -0.39 is 0 Å². The second kappa shape index (κ2) is 8.06. The maximum Gasteiger partial charge on any atom is 0.254 e. The van der Waals surface area contributed by atoms with Gasteiger partial charge in [0.25, 0.3) is 5.91 Å². The van der Waals surface area contributed by atoms with E-state index in [9.17, 15) is 9.59 Å². The molecule has 2 aromatic rings. The lowest BCUT2D eigenvalue weighted by Crippen LogP contribution is -2.40. The van der Waals surface area contributed by atoms with Crippen molar-refractivity contribution in [2.45, 2.75) is 12.8 Å². The number of hydrogen-bond acceptors (Lipinski definition) is 2. The molecule has 0 unspecified atom stereocenters. The Morgan fingerprint density at radius 3 is 2.32 bits per heavy atom. The Bertz CT molecular complexity index is 817. The van der Waals surface area contributed by atoms with E-state index in [-0.39, 0.29) is 17.6 Å². The SMILES string of the molecule is O=C(c1ccc(Cl)c(Cl)c1)C1CCN(C(=O)c2ccccc2I)CC1. The summed E-state index contributed by atoms with van der Waals surface area (Å²) in [5, 5.41) is 0.829. The fourth-order valence-corrected chi connectivity index (χ4v) is 3.95. The molecule has 1 fully saturated rings. The number of nitrogens with zero attached hydrogens (tertiary/aromatic N) is 1. The molecule has 0 radical (unpaired) electrons. The molecule has 6 heteroatoms. The molecule has 130 valence electrons. The highest BCUT2D eigenvalue weighted by molar-refractivity contribution is 14.1. The van der Waals surface area contributed by atoms with Crippen LogP contribution in [0, 0.1) is 9.49 Å². The predicted octanol–water partition coefficient (Wildman–Crippen LogP) is 5.33. The third-order valence-electron chi connectivity index (χ3n) is 4.46. The zero-order valence-electron chi connectivity index (χ0n) is 13.3. The molecule has 25 heavy (non-hydrogen) atoms. The number of benzene rings is 2. The van der Waals surface area contributed by atoms with Crippen LogP contribution in [0.1, 0.15) is 33.6 Å². The van der Waals surface area contributed by atoms with E-state index in [4.69, 9.17) is 23.2 Å². The first-order valence-corrected chi connectivity index (χ1v) is 9.84. The van der Waals surface area contributed by atoms with Gasteiger partial charge in [0.2, 0.25) is 0 Å². The van der Waals surface area contributed by atoms with Crippen molar-refractivity contribution >= 4 is 57.5 Å². The first-order chi connectivity index (χ1) is 12.0. The summed E-state index contributed by atoms with van der Waals surface area (Å²) in [4.78, 5) is 27.1. The zero-order chi connectivity index (χ0) is 18.0. The molecular formula is C19H16Cl2INO2. The number of hydrogen-bond donors (Lipinski definition) is 0. The lowest BCUT2D eigenvalue weighted by molar-refractivity contribution is 0.0649. The molecule has 1 heterocycles.